The number of esters is 3. The van der Waals surface area contributed by atoms with Crippen LogP contribution in [0.25, 0.3) is 0 Å². The van der Waals surface area contributed by atoms with Gasteiger partial charge >= 0.3 is 17.9 Å². The summed E-state index contributed by atoms with van der Waals surface area (Å²) in [5.41, 5.74) is 0. The first-order chi connectivity index (χ1) is 40.5. The van der Waals surface area contributed by atoms with Crippen LogP contribution < -0.4 is 0 Å². The molecule has 0 saturated heterocycles. The van der Waals surface area contributed by atoms with Gasteiger partial charge in [0.1, 0.15) is 13.2 Å². The van der Waals surface area contributed by atoms with Crippen LogP contribution in [0, 0.1) is 0 Å². The lowest BCUT2D eigenvalue weighted by Gasteiger charge is -2.18. The van der Waals surface area contributed by atoms with Crippen LogP contribution in [0.15, 0.2) is 60.8 Å². The van der Waals surface area contributed by atoms with Gasteiger partial charge in [0.05, 0.1) is 0 Å². The zero-order valence-electron chi connectivity index (χ0n) is 55.0. The van der Waals surface area contributed by atoms with Crippen LogP contribution in [0.1, 0.15) is 387 Å². The van der Waals surface area contributed by atoms with E-state index in [2.05, 4.69) is 81.5 Å². The molecule has 0 fully saturated rings. The van der Waals surface area contributed by atoms with Gasteiger partial charge in [-0.1, -0.05) is 351 Å². The molecular weight excluding hydrogens is 1010 g/mol. The maximum absolute atomic E-state index is 12.9. The zero-order valence-corrected chi connectivity index (χ0v) is 55.0. The number of hydrogen-bond acceptors (Lipinski definition) is 6. The lowest BCUT2D eigenvalue weighted by atomic mass is 10.0. The first-order valence-corrected chi connectivity index (χ1v) is 36.3. The van der Waals surface area contributed by atoms with Crippen molar-refractivity contribution in [2.24, 2.45) is 0 Å². The highest BCUT2D eigenvalue weighted by molar-refractivity contribution is 5.71. The molecule has 6 heteroatoms. The molecule has 0 spiro atoms. The molecule has 0 N–H and O–H groups in total. The zero-order chi connectivity index (χ0) is 59.2. The lowest BCUT2D eigenvalue weighted by molar-refractivity contribution is -0.167. The van der Waals surface area contributed by atoms with Crippen molar-refractivity contribution in [3.63, 3.8) is 0 Å². The molecule has 6 nitrogen and oxygen atoms in total. The summed E-state index contributed by atoms with van der Waals surface area (Å²) in [6.07, 6.45) is 91.4. The molecule has 0 aliphatic rings. The van der Waals surface area contributed by atoms with Crippen molar-refractivity contribution in [1.29, 1.82) is 0 Å². The minimum absolute atomic E-state index is 0.0797. The maximum atomic E-state index is 12.9. The van der Waals surface area contributed by atoms with Gasteiger partial charge in [-0.05, 0) is 77.0 Å². The highest BCUT2D eigenvalue weighted by Gasteiger charge is 2.19. The quantitative estimate of drug-likeness (QED) is 0.0261. The van der Waals surface area contributed by atoms with Crippen LogP contribution in [0.2, 0.25) is 0 Å². The second kappa shape index (κ2) is 70.6. The first-order valence-electron chi connectivity index (χ1n) is 36.3. The normalized spacial score (nSPS) is 12.4. The van der Waals surface area contributed by atoms with E-state index in [1.807, 2.05) is 0 Å². The van der Waals surface area contributed by atoms with E-state index < -0.39 is 6.10 Å². The predicted molar refractivity (Wildman–Crippen MR) is 358 cm³/mol. The Morgan fingerprint density at radius 2 is 0.488 bits per heavy atom. The Labute approximate surface area is 510 Å². The Kier molecular flexibility index (Phi) is 68.1. The summed E-state index contributed by atoms with van der Waals surface area (Å²) in [4.78, 5) is 38.3. The van der Waals surface area contributed by atoms with Crippen molar-refractivity contribution in [2.45, 2.75) is 393 Å². The largest absolute Gasteiger partial charge is 0.462 e. The van der Waals surface area contributed by atoms with Gasteiger partial charge in [0.25, 0.3) is 0 Å². The summed E-state index contributed by atoms with van der Waals surface area (Å²) in [5, 5.41) is 0. The molecule has 0 aliphatic carbocycles. The molecule has 0 aromatic rings. The fraction of sp³-hybridized carbons (Fsp3) is 0.829. The van der Waals surface area contributed by atoms with Gasteiger partial charge in [-0.15, -0.1) is 0 Å². The van der Waals surface area contributed by atoms with E-state index >= 15 is 0 Å². The van der Waals surface area contributed by atoms with E-state index in [-0.39, 0.29) is 31.1 Å². The monoisotopic (exact) mass is 1150 g/mol. The average molecular weight is 1150 g/mol. The number of rotatable bonds is 67. The summed E-state index contributed by atoms with van der Waals surface area (Å²) < 4.78 is 16.9. The molecule has 0 radical (unpaired) electrons. The topological polar surface area (TPSA) is 78.9 Å². The molecule has 0 aliphatic heterocycles. The molecule has 0 bridgehead atoms. The summed E-state index contributed by atoms with van der Waals surface area (Å²) in [5.74, 6) is -0.884. The summed E-state index contributed by atoms with van der Waals surface area (Å²) in [7, 11) is 0. The summed E-state index contributed by atoms with van der Waals surface area (Å²) >= 11 is 0. The number of hydrogen-bond donors (Lipinski definition) is 0. The van der Waals surface area contributed by atoms with Gasteiger partial charge < -0.3 is 14.2 Å². The highest BCUT2D eigenvalue weighted by atomic mass is 16.6. The van der Waals surface area contributed by atoms with E-state index in [9.17, 15) is 14.4 Å². The number of allylic oxidation sites excluding steroid dienone is 10. The Morgan fingerprint density at radius 1 is 0.256 bits per heavy atom. The van der Waals surface area contributed by atoms with Crippen LogP contribution >= 0.6 is 0 Å². The van der Waals surface area contributed by atoms with Crippen molar-refractivity contribution in [3.05, 3.63) is 60.8 Å². The Hall–Kier alpha value is -2.89. The van der Waals surface area contributed by atoms with Crippen LogP contribution in [0.4, 0.5) is 0 Å². The molecule has 0 rings (SSSR count). The molecule has 82 heavy (non-hydrogen) atoms. The van der Waals surface area contributed by atoms with E-state index in [0.717, 1.165) is 103 Å². The molecule has 1 atom stereocenters. The highest BCUT2D eigenvalue weighted by Crippen LogP contribution is 2.19. The molecule has 0 aromatic carbocycles. The molecule has 0 amide bonds. The van der Waals surface area contributed by atoms with Crippen molar-refractivity contribution in [3.8, 4) is 0 Å². The number of carbonyl (C=O) groups excluding carboxylic acids is 3. The van der Waals surface area contributed by atoms with E-state index in [1.165, 1.54) is 244 Å². The lowest BCUT2D eigenvalue weighted by Crippen LogP contribution is -2.30. The van der Waals surface area contributed by atoms with Gasteiger partial charge in [0.15, 0.2) is 6.10 Å². The van der Waals surface area contributed by atoms with Crippen molar-refractivity contribution in [2.75, 3.05) is 13.2 Å². The van der Waals surface area contributed by atoms with Crippen LogP contribution in [-0.4, -0.2) is 37.2 Å². The summed E-state index contributed by atoms with van der Waals surface area (Å²) in [6, 6.07) is 0. The van der Waals surface area contributed by atoms with Crippen molar-refractivity contribution in [1.82, 2.24) is 0 Å². The Bertz CT molecular complexity index is 1460. The molecule has 0 saturated carbocycles. The van der Waals surface area contributed by atoms with Crippen LogP contribution in [0.5, 0.6) is 0 Å². The molecule has 0 aromatic heterocycles. The smallest absolute Gasteiger partial charge is 0.306 e. The second-order valence-corrected chi connectivity index (χ2v) is 24.5. The Balaban J connectivity index is 4.08. The fourth-order valence-electron chi connectivity index (χ4n) is 10.8. The van der Waals surface area contributed by atoms with Crippen molar-refractivity contribution >= 4 is 17.9 Å². The molecule has 0 heterocycles. The van der Waals surface area contributed by atoms with E-state index in [0.29, 0.717) is 19.3 Å². The number of carbonyl (C=O) groups is 3. The molecule has 1 unspecified atom stereocenters. The van der Waals surface area contributed by atoms with Gasteiger partial charge in [0, 0.05) is 19.3 Å². The Morgan fingerprint density at radius 3 is 0.793 bits per heavy atom. The van der Waals surface area contributed by atoms with Gasteiger partial charge in [-0.3, -0.25) is 14.4 Å². The van der Waals surface area contributed by atoms with Gasteiger partial charge in [0.2, 0.25) is 0 Å². The standard InChI is InChI=1S/C76H138O6/c1-4-7-10-13-16-19-22-24-26-28-30-31-32-33-34-35-36-37-38-39-40-41-42-43-44-46-47-49-51-54-57-60-63-66-69-75(78)81-72-73(71-80-74(77)68-65-62-59-56-53-21-18-15-12-9-6-3)82-76(79)70-67-64-61-58-55-52-50-48-45-29-27-25-23-20-17-14-11-8-5-2/h8,11,15,17-18,20,25,27,45,48,73H,4-7,9-10,12-14,16,19,21-24,26,28-44,46-47,49-72H2,1-3H3/b11-8-,18-15-,20-17-,27-25-,48-45-. The van der Waals surface area contributed by atoms with Crippen LogP contribution in [0.3, 0.4) is 0 Å². The predicted octanol–water partition coefficient (Wildman–Crippen LogP) is 25.1. The average Bonchev–Trinajstić information content (AvgIpc) is 3.47. The first kappa shape index (κ1) is 79.1. The minimum Gasteiger partial charge on any atom is -0.462 e. The third kappa shape index (κ3) is 67.9. The number of ether oxygens (including phenoxy) is 3. The summed E-state index contributed by atoms with van der Waals surface area (Å²) in [6.45, 7) is 6.53. The van der Waals surface area contributed by atoms with E-state index in [4.69, 9.17) is 14.2 Å². The van der Waals surface area contributed by atoms with Gasteiger partial charge in [-0.25, -0.2) is 0 Å². The van der Waals surface area contributed by atoms with Crippen LogP contribution in [-0.2, 0) is 28.6 Å². The molecule has 478 valence electrons. The second-order valence-electron chi connectivity index (χ2n) is 24.5. The van der Waals surface area contributed by atoms with Gasteiger partial charge in [-0.2, -0.15) is 0 Å². The minimum atomic E-state index is -0.785. The SMILES string of the molecule is CC/C=C\C/C=C\C/C=C\C/C=C\CCCCCCCCC(=O)OC(COC(=O)CCCCCCC/C=C\CCCC)COC(=O)CCCCCCCCCCCCCCCCCCCCCCCCCCCCCCCCCCCC. The fourth-order valence-corrected chi connectivity index (χ4v) is 10.8. The third-order valence-electron chi connectivity index (χ3n) is 16.3. The van der Waals surface area contributed by atoms with E-state index in [1.54, 1.807) is 0 Å². The number of unbranched alkanes of at least 4 members (excludes halogenated alkanes) is 46. The maximum Gasteiger partial charge on any atom is 0.306 e. The third-order valence-corrected chi connectivity index (χ3v) is 16.3. The molecular formula is C76H138O6. The van der Waals surface area contributed by atoms with Crippen molar-refractivity contribution < 1.29 is 28.6 Å².